The van der Waals surface area contributed by atoms with Crippen LogP contribution < -0.4 is 11.1 Å². The Morgan fingerprint density at radius 3 is 2.76 bits per heavy atom. The summed E-state index contributed by atoms with van der Waals surface area (Å²) >= 11 is 1.78. The fourth-order valence-corrected chi connectivity index (χ4v) is 7.40. The minimum atomic E-state index is -0.685. The van der Waals surface area contributed by atoms with Crippen LogP contribution in [0.25, 0.3) is 21.0 Å². The summed E-state index contributed by atoms with van der Waals surface area (Å²) in [5.41, 5.74) is 8.57. The van der Waals surface area contributed by atoms with E-state index < -0.39 is 11.8 Å². The number of hydrogen-bond acceptors (Lipinski definition) is 8. The smallest absolute Gasteiger partial charge is 0.313 e. The Balaban J connectivity index is 1.25. The molecule has 0 unspecified atom stereocenters. The number of hydrogen-bond donors (Lipinski definition) is 2. The monoisotopic (exact) mass is 571 g/mol. The van der Waals surface area contributed by atoms with Gasteiger partial charge in [0.1, 0.15) is 5.82 Å². The summed E-state index contributed by atoms with van der Waals surface area (Å²) < 4.78 is 1.16. The van der Waals surface area contributed by atoms with E-state index in [2.05, 4.69) is 66.2 Å². The van der Waals surface area contributed by atoms with Gasteiger partial charge in [-0.2, -0.15) is 0 Å². The minimum Gasteiger partial charge on any atom is -0.383 e. The molecule has 3 atom stereocenters. The highest BCUT2D eigenvalue weighted by Crippen LogP contribution is 2.41. The number of carbonyl (C=O) groups excluding carboxylic acids is 2. The van der Waals surface area contributed by atoms with Crippen molar-refractivity contribution in [2.45, 2.75) is 64.0 Å². The molecule has 2 aliphatic rings. The molecule has 2 saturated heterocycles. The quantitative estimate of drug-likeness (QED) is 0.319. The topological polar surface area (TPSA) is 117 Å². The van der Waals surface area contributed by atoms with Crippen molar-refractivity contribution in [2.75, 3.05) is 31.2 Å². The van der Waals surface area contributed by atoms with Gasteiger partial charge in [0.15, 0.2) is 0 Å². The van der Waals surface area contributed by atoms with Crippen LogP contribution >= 0.6 is 11.3 Å². The Bertz CT molecular complexity index is 1630. The zero-order valence-corrected chi connectivity index (χ0v) is 24.9. The third-order valence-corrected chi connectivity index (χ3v) is 10.2. The van der Waals surface area contributed by atoms with Crippen molar-refractivity contribution in [3.63, 3.8) is 0 Å². The van der Waals surface area contributed by atoms with Gasteiger partial charge in [-0.3, -0.25) is 14.6 Å². The van der Waals surface area contributed by atoms with Crippen molar-refractivity contribution >= 4 is 55.6 Å². The number of nitrogens with zero attached hydrogens (tertiary/aromatic N) is 5. The van der Waals surface area contributed by atoms with Crippen LogP contribution in [0.4, 0.5) is 11.5 Å². The Kier molecular flexibility index (Phi) is 7.15. The number of fused-ring (bicyclic) bond motifs is 2. The number of amides is 2. The molecule has 4 aromatic rings. The molecule has 0 aliphatic carbocycles. The molecule has 10 heteroatoms. The molecule has 1 aromatic carbocycles. The van der Waals surface area contributed by atoms with E-state index in [-0.39, 0.29) is 11.6 Å². The van der Waals surface area contributed by atoms with Gasteiger partial charge in [0.25, 0.3) is 0 Å². The number of anilines is 2. The highest BCUT2D eigenvalue weighted by atomic mass is 32.1. The predicted octanol–water partition coefficient (Wildman–Crippen LogP) is 5.35. The van der Waals surface area contributed by atoms with Gasteiger partial charge in [-0.15, -0.1) is 11.3 Å². The van der Waals surface area contributed by atoms with E-state index in [4.69, 9.17) is 10.7 Å². The number of thiazole rings is 1. The number of nitrogens with one attached hydrogen (secondary N) is 1. The maximum atomic E-state index is 13.6. The molecule has 2 fully saturated rings. The molecule has 2 amide bonds. The second-order valence-corrected chi connectivity index (χ2v) is 13.4. The number of benzene rings is 1. The molecule has 0 spiro atoms. The first kappa shape index (κ1) is 27.5. The molecule has 5 heterocycles. The molecule has 2 aliphatic heterocycles. The van der Waals surface area contributed by atoms with Crippen LogP contribution in [0.3, 0.4) is 0 Å². The number of rotatable bonds is 3. The summed E-state index contributed by atoms with van der Waals surface area (Å²) in [6, 6.07) is 7.92. The van der Waals surface area contributed by atoms with E-state index >= 15 is 0 Å². The van der Waals surface area contributed by atoms with E-state index in [0.717, 1.165) is 48.0 Å². The Hall–Kier alpha value is -3.63. The first-order chi connectivity index (χ1) is 19.6. The number of nitrogens with two attached hydrogens (primary N) is 1. The second kappa shape index (κ2) is 10.6. The molecule has 6 rings (SSSR count). The van der Waals surface area contributed by atoms with Crippen LogP contribution in [0, 0.1) is 5.92 Å². The standard InChI is InChI=1S/C31H37N7O2S/c1-18-5-7-25(19-6-8-26-23(13-19)36-29(41-26)20-10-12-37(4)31(2,3)14-20)38(17-18)30(40)28(39)35-24-16-33-15-22-21(24)9-11-34-27(22)32/h6,8-9,11,13,15-16,18,20,25H,5,7,10,12,14,17H2,1-4H3,(H2,32,34)(H,35,39)/t18-,20+,25+/m0/s1. The summed E-state index contributed by atoms with van der Waals surface area (Å²) in [5.74, 6) is -0.157. The fourth-order valence-electron chi connectivity index (χ4n) is 6.31. The van der Waals surface area contributed by atoms with Crippen molar-refractivity contribution in [3.8, 4) is 0 Å². The maximum absolute atomic E-state index is 13.6. The maximum Gasteiger partial charge on any atom is 0.313 e. The Morgan fingerprint density at radius 2 is 1.95 bits per heavy atom. The van der Waals surface area contributed by atoms with E-state index in [1.807, 2.05) is 0 Å². The molecule has 0 saturated carbocycles. The SMILES string of the molecule is C[C@H]1CC[C@H](c2ccc3sc([C@@H]4CCN(C)C(C)(C)C4)nc3c2)N(C(=O)C(=O)Nc2cncc3c(N)nccc23)C1. The summed E-state index contributed by atoms with van der Waals surface area (Å²) in [6.07, 6.45) is 8.69. The summed E-state index contributed by atoms with van der Waals surface area (Å²) in [6.45, 7) is 8.32. The van der Waals surface area contributed by atoms with Gasteiger partial charge < -0.3 is 20.9 Å². The van der Waals surface area contributed by atoms with Gasteiger partial charge in [0.2, 0.25) is 0 Å². The predicted molar refractivity (Wildman–Crippen MR) is 164 cm³/mol. The lowest BCUT2D eigenvalue weighted by molar-refractivity contribution is -0.146. The molecular weight excluding hydrogens is 534 g/mol. The number of likely N-dealkylation sites (tertiary alicyclic amines) is 2. The van der Waals surface area contributed by atoms with Crippen molar-refractivity contribution in [3.05, 3.63) is 53.4 Å². The highest BCUT2D eigenvalue weighted by molar-refractivity contribution is 7.18. The van der Waals surface area contributed by atoms with E-state index in [0.29, 0.717) is 40.7 Å². The highest BCUT2D eigenvalue weighted by Gasteiger charge is 2.36. The molecule has 9 nitrogen and oxygen atoms in total. The van der Waals surface area contributed by atoms with Gasteiger partial charge in [-0.05, 0) is 82.8 Å². The lowest BCUT2D eigenvalue weighted by Crippen LogP contribution is -2.46. The number of nitrogen functional groups attached to an aromatic ring is 1. The third-order valence-electron chi connectivity index (χ3n) is 8.99. The average Bonchev–Trinajstić information content (AvgIpc) is 3.38. The number of pyridine rings is 2. The van der Waals surface area contributed by atoms with E-state index in [1.165, 1.54) is 11.2 Å². The molecular formula is C31H37N7O2S. The van der Waals surface area contributed by atoms with Crippen molar-refractivity contribution in [1.82, 2.24) is 24.8 Å². The average molecular weight is 572 g/mol. The first-order valence-electron chi connectivity index (χ1n) is 14.3. The molecule has 214 valence electrons. The fraction of sp³-hybridized carbons (Fsp3) is 0.452. The number of piperidine rings is 2. The van der Waals surface area contributed by atoms with Crippen molar-refractivity contribution in [1.29, 1.82) is 0 Å². The van der Waals surface area contributed by atoms with Crippen LogP contribution in [0.15, 0.2) is 42.9 Å². The number of aromatic nitrogens is 3. The van der Waals surface area contributed by atoms with Crippen molar-refractivity contribution < 1.29 is 9.59 Å². The Labute approximate surface area is 244 Å². The summed E-state index contributed by atoms with van der Waals surface area (Å²) in [7, 11) is 2.20. The van der Waals surface area contributed by atoms with Crippen LogP contribution in [-0.4, -0.2) is 62.2 Å². The lowest BCUT2D eigenvalue weighted by Gasteiger charge is -2.43. The van der Waals surface area contributed by atoms with Gasteiger partial charge in [-0.1, -0.05) is 13.0 Å². The zero-order chi connectivity index (χ0) is 28.9. The minimum absolute atomic E-state index is 0.151. The lowest BCUT2D eigenvalue weighted by atomic mass is 9.83. The van der Waals surface area contributed by atoms with Crippen LogP contribution in [0.2, 0.25) is 0 Å². The van der Waals surface area contributed by atoms with Gasteiger partial charge >= 0.3 is 11.8 Å². The van der Waals surface area contributed by atoms with Crippen molar-refractivity contribution in [2.24, 2.45) is 5.92 Å². The molecule has 0 radical (unpaired) electrons. The third kappa shape index (κ3) is 5.26. The van der Waals surface area contributed by atoms with Gasteiger partial charge in [0, 0.05) is 41.2 Å². The number of carbonyl (C=O) groups is 2. The Morgan fingerprint density at radius 1 is 1.12 bits per heavy atom. The molecule has 41 heavy (non-hydrogen) atoms. The largest absolute Gasteiger partial charge is 0.383 e. The second-order valence-electron chi connectivity index (χ2n) is 12.3. The van der Waals surface area contributed by atoms with Crippen LogP contribution in [-0.2, 0) is 9.59 Å². The summed E-state index contributed by atoms with van der Waals surface area (Å²) in [5, 5.41) is 5.30. The molecule has 3 aromatic heterocycles. The first-order valence-corrected chi connectivity index (χ1v) is 15.1. The van der Waals surface area contributed by atoms with Crippen LogP contribution in [0.1, 0.15) is 69.0 Å². The van der Waals surface area contributed by atoms with E-state index in [1.54, 1.807) is 34.7 Å². The summed E-state index contributed by atoms with van der Waals surface area (Å²) in [4.78, 5) is 44.5. The molecule has 0 bridgehead atoms. The van der Waals surface area contributed by atoms with Crippen LogP contribution in [0.5, 0.6) is 0 Å². The van der Waals surface area contributed by atoms with Gasteiger partial charge in [0.05, 0.1) is 33.2 Å². The van der Waals surface area contributed by atoms with E-state index in [9.17, 15) is 9.59 Å². The zero-order valence-electron chi connectivity index (χ0n) is 24.1. The normalized spacial score (nSPS) is 23.1. The van der Waals surface area contributed by atoms with Gasteiger partial charge in [-0.25, -0.2) is 9.97 Å². The molecule has 3 N–H and O–H groups in total.